The van der Waals surface area contributed by atoms with Gasteiger partial charge in [0, 0.05) is 19.8 Å². The van der Waals surface area contributed by atoms with Crippen molar-refractivity contribution in [2.75, 3.05) is 32.2 Å². The standard InChI is InChI=1S/C25H26N4O6/c1-5-33-24(31)21-19(27-25(32)28-22(21)20-11-6-15(2)35-20)14-34-23(30)17(13-26)12-16-7-9-18(10-8-16)29(3)4/h6-12,22H,5,14H2,1-4H3,(H2,27,28,32)/b17-12-. The number of carbonyl (C=O) groups excluding carboxylic acids is 3. The highest BCUT2D eigenvalue weighted by Gasteiger charge is 2.36. The van der Waals surface area contributed by atoms with Gasteiger partial charge in [0.1, 0.15) is 35.8 Å². The number of esters is 2. The van der Waals surface area contributed by atoms with Crippen molar-refractivity contribution in [3.8, 4) is 6.07 Å². The molecule has 35 heavy (non-hydrogen) atoms. The van der Waals surface area contributed by atoms with Crippen LogP contribution in [-0.4, -0.2) is 45.3 Å². The molecule has 0 bridgehead atoms. The van der Waals surface area contributed by atoms with E-state index in [0.717, 1.165) is 5.69 Å². The van der Waals surface area contributed by atoms with Crippen LogP contribution in [0.4, 0.5) is 10.5 Å². The molecule has 0 spiro atoms. The van der Waals surface area contributed by atoms with Gasteiger partial charge in [-0.05, 0) is 49.8 Å². The van der Waals surface area contributed by atoms with E-state index in [2.05, 4.69) is 10.6 Å². The van der Waals surface area contributed by atoms with Crippen molar-refractivity contribution in [2.45, 2.75) is 19.9 Å². The Balaban J connectivity index is 1.85. The molecular formula is C25H26N4O6. The number of carbonyl (C=O) groups is 3. The Hall–Kier alpha value is -4.52. The molecule has 1 aromatic heterocycles. The predicted octanol–water partition coefficient (Wildman–Crippen LogP) is 2.98. The molecule has 1 unspecified atom stereocenters. The normalized spacial score (nSPS) is 15.6. The average Bonchev–Trinajstić information content (AvgIpc) is 3.27. The molecule has 0 saturated carbocycles. The fourth-order valence-corrected chi connectivity index (χ4v) is 3.39. The lowest BCUT2D eigenvalue weighted by Crippen LogP contribution is -2.47. The highest BCUT2D eigenvalue weighted by molar-refractivity contribution is 5.98. The second-order valence-electron chi connectivity index (χ2n) is 7.82. The minimum atomic E-state index is -0.939. The molecule has 2 amide bonds. The lowest BCUT2D eigenvalue weighted by Gasteiger charge is -2.27. The molecule has 1 atom stereocenters. The number of anilines is 1. The topological polar surface area (TPSA) is 134 Å². The number of nitrogens with zero attached hydrogens (tertiary/aromatic N) is 2. The molecule has 1 aliphatic rings. The number of hydrogen-bond donors (Lipinski definition) is 2. The second kappa shape index (κ2) is 11.1. The first-order valence-electron chi connectivity index (χ1n) is 10.8. The van der Waals surface area contributed by atoms with Crippen molar-refractivity contribution >= 4 is 29.7 Å². The molecule has 2 N–H and O–H groups in total. The van der Waals surface area contributed by atoms with Crippen molar-refractivity contribution in [3.63, 3.8) is 0 Å². The monoisotopic (exact) mass is 478 g/mol. The molecule has 1 aromatic carbocycles. The number of hydrogen-bond acceptors (Lipinski definition) is 8. The third kappa shape index (κ3) is 6.09. The average molecular weight is 479 g/mol. The summed E-state index contributed by atoms with van der Waals surface area (Å²) in [5, 5.41) is 14.6. The smallest absolute Gasteiger partial charge is 0.349 e. The van der Waals surface area contributed by atoms with Gasteiger partial charge in [-0.3, -0.25) is 0 Å². The molecule has 10 nitrogen and oxygen atoms in total. The van der Waals surface area contributed by atoms with Crippen molar-refractivity contribution in [1.82, 2.24) is 10.6 Å². The zero-order valence-electron chi connectivity index (χ0n) is 19.9. The number of rotatable bonds is 8. The van der Waals surface area contributed by atoms with E-state index in [-0.39, 0.29) is 23.5 Å². The van der Waals surface area contributed by atoms with Gasteiger partial charge in [-0.1, -0.05) is 12.1 Å². The van der Waals surface area contributed by atoms with E-state index >= 15 is 0 Å². The lowest BCUT2D eigenvalue weighted by molar-refractivity contribution is -0.140. The number of furan rings is 1. The van der Waals surface area contributed by atoms with Gasteiger partial charge in [0.2, 0.25) is 0 Å². The molecule has 1 aliphatic heterocycles. The molecule has 0 fully saturated rings. The van der Waals surface area contributed by atoms with Crippen LogP contribution < -0.4 is 15.5 Å². The number of nitriles is 1. The van der Waals surface area contributed by atoms with Gasteiger partial charge in [0.15, 0.2) is 0 Å². The fraction of sp³-hybridized carbons (Fsp3) is 0.280. The van der Waals surface area contributed by atoms with Gasteiger partial charge in [0.05, 0.1) is 17.9 Å². The van der Waals surface area contributed by atoms with Gasteiger partial charge in [0.25, 0.3) is 0 Å². The van der Waals surface area contributed by atoms with E-state index < -0.39 is 30.6 Å². The Kier molecular flexibility index (Phi) is 7.94. The van der Waals surface area contributed by atoms with Crippen LogP contribution in [0.3, 0.4) is 0 Å². The Labute approximate surface area is 202 Å². The van der Waals surface area contributed by atoms with Gasteiger partial charge in [-0.15, -0.1) is 0 Å². The van der Waals surface area contributed by atoms with Gasteiger partial charge in [-0.25, -0.2) is 14.4 Å². The van der Waals surface area contributed by atoms with Crippen LogP contribution in [0.5, 0.6) is 0 Å². The van der Waals surface area contributed by atoms with Crippen LogP contribution in [-0.2, 0) is 19.1 Å². The zero-order chi connectivity index (χ0) is 25.5. The molecular weight excluding hydrogens is 452 g/mol. The minimum absolute atomic E-state index is 0.0345. The predicted molar refractivity (Wildman–Crippen MR) is 127 cm³/mol. The van der Waals surface area contributed by atoms with Crippen molar-refractivity contribution < 1.29 is 28.3 Å². The molecule has 3 rings (SSSR count). The summed E-state index contributed by atoms with van der Waals surface area (Å²) < 4.78 is 16.0. The number of aryl methyl sites for hydroxylation is 1. The Morgan fingerprint density at radius 1 is 1.17 bits per heavy atom. The fourth-order valence-electron chi connectivity index (χ4n) is 3.39. The van der Waals surface area contributed by atoms with E-state index in [1.165, 1.54) is 6.08 Å². The summed E-state index contributed by atoms with van der Waals surface area (Å²) in [6.45, 7) is 3.01. The third-order valence-electron chi connectivity index (χ3n) is 5.10. The van der Waals surface area contributed by atoms with E-state index in [0.29, 0.717) is 17.1 Å². The number of amides is 2. The third-order valence-corrected chi connectivity index (χ3v) is 5.10. The molecule has 10 heteroatoms. The molecule has 2 heterocycles. The first-order valence-corrected chi connectivity index (χ1v) is 10.8. The number of ether oxygens (including phenoxy) is 2. The molecule has 0 aliphatic carbocycles. The summed E-state index contributed by atoms with van der Waals surface area (Å²) >= 11 is 0. The molecule has 0 radical (unpaired) electrons. The van der Waals surface area contributed by atoms with E-state index in [1.54, 1.807) is 38.1 Å². The van der Waals surface area contributed by atoms with Crippen LogP contribution in [0.1, 0.15) is 30.0 Å². The minimum Gasteiger partial charge on any atom is -0.464 e. The van der Waals surface area contributed by atoms with Crippen molar-refractivity contribution in [1.29, 1.82) is 5.26 Å². The summed E-state index contributed by atoms with van der Waals surface area (Å²) in [6, 6.07) is 10.8. The second-order valence-corrected chi connectivity index (χ2v) is 7.82. The van der Waals surface area contributed by atoms with Crippen LogP contribution >= 0.6 is 0 Å². The highest BCUT2D eigenvalue weighted by Crippen LogP contribution is 2.29. The summed E-state index contributed by atoms with van der Waals surface area (Å²) in [4.78, 5) is 39.6. The van der Waals surface area contributed by atoms with Crippen LogP contribution in [0.25, 0.3) is 6.08 Å². The summed E-state index contributed by atoms with van der Waals surface area (Å²) in [5.41, 5.74) is 1.44. The van der Waals surface area contributed by atoms with Gasteiger partial charge in [-0.2, -0.15) is 5.26 Å². The maximum absolute atomic E-state index is 12.7. The Bertz CT molecular complexity index is 1220. The SMILES string of the molecule is CCOC(=O)C1=C(COC(=O)/C(C#N)=C\c2ccc(N(C)C)cc2)NC(=O)NC1c1ccc(C)o1. The maximum Gasteiger partial charge on any atom is 0.349 e. The maximum atomic E-state index is 12.7. The van der Waals surface area contributed by atoms with Gasteiger partial charge < -0.3 is 29.4 Å². The van der Waals surface area contributed by atoms with Crippen LogP contribution in [0.2, 0.25) is 0 Å². The summed E-state index contributed by atoms with van der Waals surface area (Å²) in [7, 11) is 3.80. The highest BCUT2D eigenvalue weighted by atomic mass is 16.5. The molecule has 2 aromatic rings. The number of nitrogens with one attached hydrogen (secondary N) is 2. The number of benzene rings is 1. The quantitative estimate of drug-likeness (QED) is 0.336. The zero-order valence-corrected chi connectivity index (χ0v) is 19.9. The van der Waals surface area contributed by atoms with Crippen molar-refractivity contribution in [3.05, 3.63) is 70.3 Å². The molecule has 182 valence electrons. The van der Waals surface area contributed by atoms with Crippen LogP contribution in [0.15, 0.2) is 57.7 Å². The summed E-state index contributed by atoms with van der Waals surface area (Å²) in [6.07, 6.45) is 1.40. The van der Waals surface area contributed by atoms with E-state index in [4.69, 9.17) is 13.9 Å². The Morgan fingerprint density at radius 2 is 1.89 bits per heavy atom. The largest absolute Gasteiger partial charge is 0.464 e. The van der Waals surface area contributed by atoms with E-state index in [1.807, 2.05) is 37.2 Å². The van der Waals surface area contributed by atoms with Gasteiger partial charge >= 0.3 is 18.0 Å². The van der Waals surface area contributed by atoms with Crippen molar-refractivity contribution in [2.24, 2.45) is 0 Å². The summed E-state index contributed by atoms with van der Waals surface area (Å²) in [5.74, 6) is -0.699. The van der Waals surface area contributed by atoms with E-state index in [9.17, 15) is 19.6 Å². The lowest BCUT2D eigenvalue weighted by atomic mass is 10.0. The number of urea groups is 1. The molecule has 0 saturated heterocycles. The van der Waals surface area contributed by atoms with Crippen LogP contribution in [0, 0.1) is 18.3 Å². The Morgan fingerprint density at radius 3 is 2.46 bits per heavy atom. The first-order chi connectivity index (χ1) is 16.7. The first kappa shape index (κ1) is 25.1.